The van der Waals surface area contributed by atoms with Crippen LogP contribution < -0.4 is 4.74 Å². The number of hydrogen-bond acceptors (Lipinski definition) is 13. The predicted octanol–water partition coefficient (Wildman–Crippen LogP) is 6.07. The number of ketones is 1. The molecule has 5 aliphatic heterocycles. The van der Waals surface area contributed by atoms with E-state index in [0.29, 0.717) is 12.4 Å². The van der Waals surface area contributed by atoms with Gasteiger partial charge in [-0.2, -0.15) is 0 Å². The van der Waals surface area contributed by atoms with Crippen molar-refractivity contribution in [3.8, 4) is 23.0 Å². The number of Topliss-reactive ketones (excluding diaryl/α,β-unsaturated/α-hetero) is 1. The number of nitrogens with zero attached hydrogens (tertiary/aromatic N) is 2. The number of esters is 1. The highest BCUT2D eigenvalue weighted by molar-refractivity contribution is 6.21. The Labute approximate surface area is 316 Å². The van der Waals surface area contributed by atoms with Crippen molar-refractivity contribution in [1.29, 1.82) is 0 Å². The SMILES string of the molecule is CCCN1Cc2c3c(O)c4c(O)c(C)c5c(c4c2O)C(=O)C(C)(O/C=C/C(OC)C(C)C(OC(C)=O)C(C)C(O)C(C)C(O)C(C)/C=C/C=C(/C)C1=N3)O5. The number of phenols is 3. The second kappa shape index (κ2) is 15.6. The average molecular weight is 751 g/mol. The first kappa shape index (κ1) is 40.6. The van der Waals surface area contributed by atoms with Crippen molar-refractivity contribution in [2.45, 2.75) is 105 Å². The number of amidine groups is 1. The van der Waals surface area contributed by atoms with Crippen LogP contribution in [0.4, 0.5) is 5.69 Å². The van der Waals surface area contributed by atoms with Crippen molar-refractivity contribution in [1.82, 2.24) is 4.90 Å². The van der Waals surface area contributed by atoms with Gasteiger partial charge in [-0.1, -0.05) is 52.8 Å². The number of methoxy groups -OCH3 is 1. The topological polar surface area (TPSA) is 188 Å². The summed E-state index contributed by atoms with van der Waals surface area (Å²) >= 11 is 0. The Balaban J connectivity index is 1.72. The molecule has 0 spiro atoms. The van der Waals surface area contributed by atoms with Gasteiger partial charge in [-0.3, -0.25) is 9.59 Å². The molecule has 294 valence electrons. The van der Waals surface area contributed by atoms with E-state index >= 15 is 0 Å². The van der Waals surface area contributed by atoms with Gasteiger partial charge in [0.05, 0.1) is 42.1 Å². The Hall–Kier alpha value is -4.59. The van der Waals surface area contributed by atoms with Gasteiger partial charge in [-0.05, 0) is 31.9 Å². The summed E-state index contributed by atoms with van der Waals surface area (Å²) in [7, 11) is 1.46. The molecule has 0 amide bonds. The van der Waals surface area contributed by atoms with E-state index in [-0.39, 0.29) is 62.9 Å². The van der Waals surface area contributed by atoms with E-state index in [1.807, 2.05) is 37.8 Å². The van der Waals surface area contributed by atoms with E-state index in [2.05, 4.69) is 0 Å². The van der Waals surface area contributed by atoms with Crippen molar-refractivity contribution in [3.63, 3.8) is 0 Å². The Morgan fingerprint density at radius 1 is 1.00 bits per heavy atom. The number of aliphatic imine (C=N–C) groups is 1. The molecule has 0 saturated heterocycles. The fourth-order valence-corrected chi connectivity index (χ4v) is 7.93. The highest BCUT2D eigenvalue weighted by Gasteiger charge is 2.50. The summed E-state index contributed by atoms with van der Waals surface area (Å²) in [5.41, 5.74) is 1.18. The number of fused-ring (bicyclic) bond motifs is 1. The van der Waals surface area contributed by atoms with Crippen molar-refractivity contribution >= 4 is 34.0 Å². The standard InChI is InChI=1S/C41H54N2O11/c1-11-16-43-18-26-31-36(49)29-28(35(26)48)30-38(24(7)34(29)47)54-41(9,39(30)50)52-17-15-27(51-10)21(4)37(53-25(8)44)23(6)33(46)22(5)32(45)19(2)13-12-14-20(3)40(43)42-31/h12-15,17,19,21-23,27,32-33,37,45-49H,11,16,18H2,1-10H3/b13-12+,17-15+,20-14-. The number of aliphatic hydroxyl groups is 2. The number of allylic oxidation sites excluding steroid dienone is 2. The van der Waals surface area contributed by atoms with E-state index < -0.39 is 65.5 Å². The lowest BCUT2D eigenvalue weighted by molar-refractivity contribution is -0.160. The Bertz CT molecular complexity index is 1930. The predicted molar refractivity (Wildman–Crippen MR) is 203 cm³/mol. The van der Waals surface area contributed by atoms with Crippen LogP contribution in [0.5, 0.6) is 23.0 Å². The largest absolute Gasteiger partial charge is 0.507 e. The van der Waals surface area contributed by atoms with E-state index in [0.717, 1.165) is 12.0 Å². The number of ether oxygens (including phenoxy) is 4. The molecule has 5 heterocycles. The minimum absolute atomic E-state index is 0.00280. The van der Waals surface area contributed by atoms with Crippen LogP contribution in [0.25, 0.3) is 10.8 Å². The number of aliphatic hydroxyl groups excluding tert-OH is 2. The number of carbonyl (C=O) groups is 2. The molecule has 0 aliphatic carbocycles. The summed E-state index contributed by atoms with van der Waals surface area (Å²) < 4.78 is 23.6. The molecule has 2 aromatic rings. The average Bonchev–Trinajstić information content (AvgIpc) is 3.40. The van der Waals surface area contributed by atoms with Crippen molar-refractivity contribution in [3.05, 3.63) is 52.8 Å². The van der Waals surface area contributed by atoms with Gasteiger partial charge in [0, 0.05) is 67.7 Å². The van der Waals surface area contributed by atoms with Crippen molar-refractivity contribution < 1.29 is 54.1 Å². The second-order valence-electron chi connectivity index (χ2n) is 15.1. The molecule has 9 unspecified atom stereocenters. The number of rotatable bonds is 4. The van der Waals surface area contributed by atoms with Crippen LogP contribution in [0.1, 0.15) is 83.3 Å². The van der Waals surface area contributed by atoms with E-state index in [1.165, 1.54) is 40.2 Å². The molecule has 13 nitrogen and oxygen atoms in total. The van der Waals surface area contributed by atoms with E-state index in [4.69, 9.17) is 23.9 Å². The smallest absolute Gasteiger partial charge is 0.312 e. The van der Waals surface area contributed by atoms with Gasteiger partial charge < -0.3 is 49.4 Å². The molecule has 0 aromatic heterocycles. The maximum Gasteiger partial charge on any atom is 0.312 e. The second-order valence-corrected chi connectivity index (χ2v) is 15.1. The molecule has 5 N–H and O–H groups in total. The minimum atomic E-state index is -1.95. The molecule has 0 radical (unpaired) electrons. The maximum absolute atomic E-state index is 14.3. The molecule has 0 fully saturated rings. The molecule has 13 heteroatoms. The highest BCUT2D eigenvalue weighted by atomic mass is 16.7. The van der Waals surface area contributed by atoms with Gasteiger partial charge in [0.1, 0.15) is 34.9 Å². The van der Waals surface area contributed by atoms with Gasteiger partial charge in [-0.15, -0.1) is 0 Å². The fourth-order valence-electron chi connectivity index (χ4n) is 7.93. The molecule has 2 aromatic carbocycles. The van der Waals surface area contributed by atoms with E-state index in [9.17, 15) is 35.1 Å². The first-order chi connectivity index (χ1) is 25.4. The normalized spacial score (nSPS) is 32.5. The lowest BCUT2D eigenvalue weighted by Gasteiger charge is -2.38. The summed E-state index contributed by atoms with van der Waals surface area (Å²) in [4.78, 5) is 33.4. The summed E-state index contributed by atoms with van der Waals surface area (Å²) in [6, 6.07) is 0. The summed E-state index contributed by atoms with van der Waals surface area (Å²) in [5.74, 6) is -5.93. The monoisotopic (exact) mass is 750 g/mol. The van der Waals surface area contributed by atoms with Crippen LogP contribution in [-0.4, -0.2) is 91.9 Å². The van der Waals surface area contributed by atoms with Gasteiger partial charge >= 0.3 is 11.8 Å². The lowest BCUT2D eigenvalue weighted by Crippen LogP contribution is -2.46. The lowest BCUT2D eigenvalue weighted by atomic mass is 9.78. The quantitative estimate of drug-likeness (QED) is 0.180. The maximum atomic E-state index is 14.3. The van der Waals surface area contributed by atoms with Gasteiger partial charge in [0.2, 0.25) is 0 Å². The number of phenolic OH excluding ortho intramolecular Hbond substituents is 3. The molecule has 7 bridgehead atoms. The summed E-state index contributed by atoms with van der Waals surface area (Å²) in [5, 5.41) is 57.8. The van der Waals surface area contributed by atoms with E-state index in [1.54, 1.807) is 26.8 Å². The molecule has 9 atom stereocenters. The van der Waals surface area contributed by atoms with Gasteiger partial charge in [-0.25, -0.2) is 4.99 Å². The zero-order chi connectivity index (χ0) is 40.0. The third kappa shape index (κ3) is 7.04. The summed E-state index contributed by atoms with van der Waals surface area (Å²) in [6.45, 7) is 15.9. The fraction of sp³-hybridized carbons (Fsp3) is 0.537. The van der Waals surface area contributed by atoms with Crippen molar-refractivity contribution in [2.75, 3.05) is 13.7 Å². The zero-order valence-electron chi connectivity index (χ0n) is 32.7. The Morgan fingerprint density at radius 2 is 1.69 bits per heavy atom. The number of hydrogen-bond donors (Lipinski definition) is 5. The van der Waals surface area contributed by atoms with Crippen LogP contribution in [0.15, 0.2) is 41.1 Å². The summed E-state index contributed by atoms with van der Waals surface area (Å²) in [6.07, 6.45) is 5.33. The van der Waals surface area contributed by atoms with Crippen LogP contribution in [0.3, 0.4) is 0 Å². The van der Waals surface area contributed by atoms with Crippen LogP contribution in [-0.2, 0) is 25.5 Å². The molecular formula is C41H54N2O11. The first-order valence-electron chi connectivity index (χ1n) is 18.5. The van der Waals surface area contributed by atoms with Gasteiger partial charge in [0.15, 0.2) is 5.75 Å². The van der Waals surface area contributed by atoms with Crippen molar-refractivity contribution in [2.24, 2.45) is 28.7 Å². The highest BCUT2D eigenvalue weighted by Crippen LogP contribution is 2.56. The third-order valence-corrected chi connectivity index (χ3v) is 11.2. The molecule has 5 aliphatic rings. The van der Waals surface area contributed by atoms with Crippen LogP contribution >= 0.6 is 0 Å². The molecule has 54 heavy (non-hydrogen) atoms. The zero-order valence-corrected chi connectivity index (χ0v) is 32.7. The van der Waals surface area contributed by atoms with Gasteiger partial charge in [0.25, 0.3) is 5.78 Å². The van der Waals surface area contributed by atoms with Crippen LogP contribution in [0, 0.1) is 30.6 Å². The number of benzene rings is 2. The number of carbonyl (C=O) groups excluding carboxylic acids is 2. The molecule has 0 saturated carbocycles. The first-order valence-corrected chi connectivity index (χ1v) is 18.5. The number of aromatic hydroxyl groups is 3. The Morgan fingerprint density at radius 3 is 2.31 bits per heavy atom. The van der Waals surface area contributed by atoms with Crippen LogP contribution in [0.2, 0.25) is 0 Å². The minimum Gasteiger partial charge on any atom is -0.507 e. The molecular weight excluding hydrogens is 696 g/mol. The molecule has 7 rings (SSSR count). The Kier molecular flexibility index (Phi) is 11.8. The third-order valence-electron chi connectivity index (χ3n) is 11.2.